The second-order valence-electron chi connectivity index (χ2n) is 7.50. The number of hydrogen-bond acceptors (Lipinski definition) is 4. The summed E-state index contributed by atoms with van der Waals surface area (Å²) in [5.41, 5.74) is 1.47. The van der Waals surface area contributed by atoms with Crippen molar-refractivity contribution < 1.29 is 27.4 Å². The van der Waals surface area contributed by atoms with Gasteiger partial charge in [0.25, 0.3) is 0 Å². The number of benzene rings is 1. The minimum atomic E-state index is -4.53. The Labute approximate surface area is 174 Å². The Balaban J connectivity index is 2.23. The van der Waals surface area contributed by atoms with Crippen LogP contribution in [0.4, 0.5) is 18.9 Å². The summed E-state index contributed by atoms with van der Waals surface area (Å²) >= 11 is 0. The van der Waals surface area contributed by atoms with Crippen molar-refractivity contribution in [2.45, 2.75) is 46.8 Å². The molecule has 1 heterocycles. The molecule has 2 rings (SSSR count). The molecular formula is C21H28F3N3O3. The second kappa shape index (κ2) is 9.97. The van der Waals surface area contributed by atoms with Gasteiger partial charge in [-0.2, -0.15) is 18.3 Å². The maximum Gasteiger partial charge on any atom is 0.416 e. The normalized spacial score (nSPS) is 11.8. The average molecular weight is 427 g/mol. The summed E-state index contributed by atoms with van der Waals surface area (Å²) < 4.78 is 51.6. The van der Waals surface area contributed by atoms with E-state index >= 15 is 0 Å². The van der Waals surface area contributed by atoms with Gasteiger partial charge in [0.2, 0.25) is 5.91 Å². The summed E-state index contributed by atoms with van der Waals surface area (Å²) in [7, 11) is 1.49. The predicted octanol–water partition coefficient (Wildman–Crippen LogP) is 4.38. The Morgan fingerprint density at radius 1 is 1.23 bits per heavy atom. The highest BCUT2D eigenvalue weighted by Gasteiger charge is 2.31. The number of nitrogens with one attached hydrogen (secondary N) is 1. The minimum Gasteiger partial charge on any atom is -0.489 e. The van der Waals surface area contributed by atoms with E-state index in [1.165, 1.54) is 13.2 Å². The largest absolute Gasteiger partial charge is 0.489 e. The van der Waals surface area contributed by atoms with Crippen molar-refractivity contribution in [3.63, 3.8) is 0 Å². The van der Waals surface area contributed by atoms with Crippen LogP contribution in [0.5, 0.6) is 5.75 Å². The summed E-state index contributed by atoms with van der Waals surface area (Å²) in [6.45, 7) is 8.97. The van der Waals surface area contributed by atoms with Crippen LogP contribution in [0.25, 0.3) is 0 Å². The number of carbonyl (C=O) groups is 1. The summed E-state index contributed by atoms with van der Waals surface area (Å²) in [4.78, 5) is 12.7. The van der Waals surface area contributed by atoms with Crippen LogP contribution in [0.2, 0.25) is 0 Å². The van der Waals surface area contributed by atoms with Crippen LogP contribution in [0.3, 0.4) is 0 Å². The van der Waals surface area contributed by atoms with Crippen LogP contribution in [0, 0.1) is 19.8 Å². The van der Waals surface area contributed by atoms with Gasteiger partial charge in [-0.25, -0.2) is 0 Å². The molecule has 6 nitrogen and oxygen atoms in total. The predicted molar refractivity (Wildman–Crippen MR) is 108 cm³/mol. The molecule has 9 heteroatoms. The topological polar surface area (TPSA) is 65.4 Å². The zero-order chi connectivity index (χ0) is 22.5. The molecule has 0 unspecified atom stereocenters. The molecule has 0 aliphatic heterocycles. The number of carbonyl (C=O) groups excluding carboxylic acids is 1. The quantitative estimate of drug-likeness (QED) is 0.603. The lowest BCUT2D eigenvalue weighted by molar-refractivity contribution is -0.137. The number of anilines is 1. The fourth-order valence-corrected chi connectivity index (χ4v) is 3.03. The van der Waals surface area contributed by atoms with E-state index in [1.807, 2.05) is 18.5 Å². The van der Waals surface area contributed by atoms with Gasteiger partial charge >= 0.3 is 6.18 Å². The Morgan fingerprint density at radius 2 is 1.93 bits per heavy atom. The van der Waals surface area contributed by atoms with Crippen LogP contribution in [0.15, 0.2) is 18.2 Å². The molecule has 2 aromatic rings. The van der Waals surface area contributed by atoms with Gasteiger partial charge in [0.05, 0.1) is 30.0 Å². The number of ether oxygens (including phenoxy) is 2. The third-order valence-corrected chi connectivity index (χ3v) is 4.53. The standard InChI is InChI=1S/C21H28F3N3O3/c1-13(2)12-27-15(4)17(14(3)26-27)11-20(28)25-18-10-16(21(22,23)24)6-7-19(18)30-9-8-29-5/h6-7,10,13H,8-9,11-12H2,1-5H3,(H,25,28). The molecule has 0 saturated heterocycles. The van der Waals surface area contributed by atoms with Crippen molar-refractivity contribution in [3.05, 3.63) is 40.7 Å². The number of alkyl halides is 3. The van der Waals surface area contributed by atoms with Gasteiger partial charge in [0.1, 0.15) is 12.4 Å². The molecular weight excluding hydrogens is 399 g/mol. The number of halogens is 3. The first-order valence-corrected chi connectivity index (χ1v) is 9.68. The molecule has 0 radical (unpaired) electrons. The van der Waals surface area contributed by atoms with Crippen molar-refractivity contribution in [3.8, 4) is 5.75 Å². The maximum absolute atomic E-state index is 13.1. The SMILES string of the molecule is COCCOc1ccc(C(F)(F)F)cc1NC(=O)Cc1c(C)nn(CC(C)C)c1C. The van der Waals surface area contributed by atoms with Crippen molar-refractivity contribution in [2.24, 2.45) is 5.92 Å². The number of methoxy groups -OCH3 is 1. The number of aromatic nitrogens is 2. The van der Waals surface area contributed by atoms with Crippen LogP contribution in [0.1, 0.15) is 36.4 Å². The summed E-state index contributed by atoms with van der Waals surface area (Å²) in [5, 5.41) is 7.03. The second-order valence-corrected chi connectivity index (χ2v) is 7.50. The summed E-state index contributed by atoms with van der Waals surface area (Å²) in [6, 6.07) is 3.00. The van der Waals surface area contributed by atoms with Crippen molar-refractivity contribution in [1.82, 2.24) is 9.78 Å². The number of rotatable bonds is 9. The van der Waals surface area contributed by atoms with E-state index in [2.05, 4.69) is 24.3 Å². The molecule has 1 amide bonds. The van der Waals surface area contributed by atoms with E-state index in [9.17, 15) is 18.0 Å². The van der Waals surface area contributed by atoms with E-state index in [1.54, 1.807) is 0 Å². The number of hydrogen-bond donors (Lipinski definition) is 1. The van der Waals surface area contributed by atoms with Crippen molar-refractivity contribution in [2.75, 3.05) is 25.6 Å². The van der Waals surface area contributed by atoms with Gasteiger partial charge in [-0.05, 0) is 38.0 Å². The fraction of sp³-hybridized carbons (Fsp3) is 0.524. The first-order valence-electron chi connectivity index (χ1n) is 9.68. The van der Waals surface area contributed by atoms with E-state index < -0.39 is 17.6 Å². The zero-order valence-corrected chi connectivity index (χ0v) is 17.9. The molecule has 0 saturated carbocycles. The molecule has 0 bridgehead atoms. The molecule has 0 atom stereocenters. The first kappa shape index (κ1) is 23.7. The molecule has 1 aromatic carbocycles. The third-order valence-electron chi connectivity index (χ3n) is 4.53. The van der Waals surface area contributed by atoms with Gasteiger partial charge in [-0.15, -0.1) is 0 Å². The van der Waals surface area contributed by atoms with Gasteiger partial charge in [-0.3, -0.25) is 9.48 Å². The lowest BCUT2D eigenvalue weighted by Gasteiger charge is -2.15. The van der Waals surface area contributed by atoms with Crippen LogP contribution in [-0.4, -0.2) is 36.0 Å². The van der Waals surface area contributed by atoms with Gasteiger partial charge in [0, 0.05) is 24.9 Å². The Kier molecular flexibility index (Phi) is 7.89. The van der Waals surface area contributed by atoms with Gasteiger partial charge in [-0.1, -0.05) is 13.8 Å². The highest BCUT2D eigenvalue weighted by Crippen LogP contribution is 2.35. The monoisotopic (exact) mass is 427 g/mol. The molecule has 30 heavy (non-hydrogen) atoms. The average Bonchev–Trinajstić information content (AvgIpc) is 2.89. The molecule has 166 valence electrons. The smallest absolute Gasteiger partial charge is 0.416 e. The Hall–Kier alpha value is -2.55. The van der Waals surface area contributed by atoms with E-state index in [4.69, 9.17) is 9.47 Å². The lowest BCUT2D eigenvalue weighted by Crippen LogP contribution is -2.18. The van der Waals surface area contributed by atoms with Crippen molar-refractivity contribution in [1.29, 1.82) is 0 Å². The lowest BCUT2D eigenvalue weighted by atomic mass is 10.1. The Morgan fingerprint density at radius 3 is 2.53 bits per heavy atom. The first-order chi connectivity index (χ1) is 14.0. The van der Waals surface area contributed by atoms with Crippen LogP contribution < -0.4 is 10.1 Å². The highest BCUT2D eigenvalue weighted by atomic mass is 19.4. The van der Waals surface area contributed by atoms with Crippen molar-refractivity contribution >= 4 is 11.6 Å². The highest BCUT2D eigenvalue weighted by molar-refractivity contribution is 5.94. The van der Waals surface area contributed by atoms with Gasteiger partial charge < -0.3 is 14.8 Å². The minimum absolute atomic E-state index is 0.00349. The molecule has 0 fully saturated rings. The van der Waals surface area contributed by atoms with E-state index in [0.29, 0.717) is 5.92 Å². The summed E-state index contributed by atoms with van der Waals surface area (Å²) in [5.74, 6) is 0.0974. The van der Waals surface area contributed by atoms with Gasteiger partial charge in [0.15, 0.2) is 0 Å². The molecule has 0 aliphatic carbocycles. The molecule has 0 aliphatic rings. The Bertz CT molecular complexity index is 876. The van der Waals surface area contributed by atoms with E-state index in [-0.39, 0.29) is 31.1 Å². The van der Waals surface area contributed by atoms with E-state index in [0.717, 1.165) is 35.6 Å². The fourth-order valence-electron chi connectivity index (χ4n) is 3.03. The number of amides is 1. The van der Waals surface area contributed by atoms with Crippen LogP contribution in [-0.2, 0) is 28.7 Å². The molecule has 1 aromatic heterocycles. The summed E-state index contributed by atoms with van der Waals surface area (Å²) in [6.07, 6.45) is -4.53. The zero-order valence-electron chi connectivity index (χ0n) is 17.9. The molecule has 0 spiro atoms. The third kappa shape index (κ3) is 6.22. The number of nitrogens with zero attached hydrogens (tertiary/aromatic N) is 2. The number of aryl methyl sites for hydroxylation is 1. The molecule has 1 N–H and O–H groups in total. The maximum atomic E-state index is 13.1. The van der Waals surface area contributed by atoms with Crippen LogP contribution >= 0.6 is 0 Å².